The zero-order valence-electron chi connectivity index (χ0n) is 8.55. The topological polar surface area (TPSA) is 25.2 Å². The molecule has 0 amide bonds. The van der Waals surface area contributed by atoms with Crippen molar-refractivity contribution in [3.8, 4) is 0 Å². The SMILES string of the molecule is CCNC(CC)CCc1ccoc1. The van der Waals surface area contributed by atoms with Crippen LogP contribution in [0, 0.1) is 0 Å². The van der Waals surface area contributed by atoms with Crippen LogP contribution in [0.1, 0.15) is 32.3 Å². The fourth-order valence-electron chi connectivity index (χ4n) is 1.51. The Balaban J connectivity index is 2.23. The van der Waals surface area contributed by atoms with Crippen LogP contribution in [0.15, 0.2) is 23.0 Å². The third-order valence-corrected chi connectivity index (χ3v) is 2.35. The van der Waals surface area contributed by atoms with Gasteiger partial charge in [-0.1, -0.05) is 13.8 Å². The molecule has 0 aliphatic carbocycles. The van der Waals surface area contributed by atoms with E-state index in [-0.39, 0.29) is 0 Å². The van der Waals surface area contributed by atoms with E-state index in [1.165, 1.54) is 18.4 Å². The van der Waals surface area contributed by atoms with Crippen molar-refractivity contribution in [2.75, 3.05) is 6.54 Å². The molecule has 0 bridgehead atoms. The van der Waals surface area contributed by atoms with Crippen LogP contribution < -0.4 is 5.32 Å². The molecule has 0 fully saturated rings. The Kier molecular flexibility index (Phi) is 4.61. The van der Waals surface area contributed by atoms with E-state index in [2.05, 4.69) is 19.2 Å². The second-order valence-corrected chi connectivity index (χ2v) is 3.33. The first-order valence-electron chi connectivity index (χ1n) is 5.11. The molecule has 1 unspecified atom stereocenters. The Morgan fingerprint density at radius 1 is 1.46 bits per heavy atom. The summed E-state index contributed by atoms with van der Waals surface area (Å²) in [7, 11) is 0. The van der Waals surface area contributed by atoms with E-state index < -0.39 is 0 Å². The van der Waals surface area contributed by atoms with Crippen LogP contribution in [0.2, 0.25) is 0 Å². The van der Waals surface area contributed by atoms with Gasteiger partial charge in [-0.25, -0.2) is 0 Å². The Labute approximate surface area is 80.3 Å². The predicted molar refractivity (Wildman–Crippen MR) is 54.8 cm³/mol. The molecule has 1 aromatic heterocycles. The van der Waals surface area contributed by atoms with Crippen LogP contribution in [-0.2, 0) is 6.42 Å². The Morgan fingerprint density at radius 3 is 2.85 bits per heavy atom. The van der Waals surface area contributed by atoms with Crippen molar-refractivity contribution in [1.29, 1.82) is 0 Å². The third-order valence-electron chi connectivity index (χ3n) is 2.35. The first-order chi connectivity index (χ1) is 6.36. The van der Waals surface area contributed by atoms with Crippen molar-refractivity contribution in [1.82, 2.24) is 5.32 Å². The average molecular weight is 181 g/mol. The van der Waals surface area contributed by atoms with Crippen molar-refractivity contribution in [3.63, 3.8) is 0 Å². The highest BCUT2D eigenvalue weighted by Crippen LogP contribution is 2.07. The molecule has 0 saturated carbocycles. The molecule has 1 N–H and O–H groups in total. The molecular formula is C11H19NO. The largest absolute Gasteiger partial charge is 0.472 e. The van der Waals surface area contributed by atoms with Gasteiger partial charge in [-0.2, -0.15) is 0 Å². The molecular weight excluding hydrogens is 162 g/mol. The normalized spacial score (nSPS) is 13.1. The minimum atomic E-state index is 0.653. The van der Waals surface area contributed by atoms with Crippen LogP contribution in [0.5, 0.6) is 0 Å². The minimum Gasteiger partial charge on any atom is -0.472 e. The van der Waals surface area contributed by atoms with Crippen LogP contribution in [0.3, 0.4) is 0 Å². The van der Waals surface area contributed by atoms with Gasteiger partial charge in [-0.15, -0.1) is 0 Å². The molecule has 1 heterocycles. The average Bonchev–Trinajstić information content (AvgIpc) is 2.64. The summed E-state index contributed by atoms with van der Waals surface area (Å²) >= 11 is 0. The number of furan rings is 1. The number of nitrogens with one attached hydrogen (secondary N) is 1. The van der Waals surface area contributed by atoms with Crippen LogP contribution >= 0.6 is 0 Å². The molecule has 2 nitrogen and oxygen atoms in total. The molecule has 74 valence electrons. The fourth-order valence-corrected chi connectivity index (χ4v) is 1.51. The molecule has 1 atom stereocenters. The second-order valence-electron chi connectivity index (χ2n) is 3.33. The fraction of sp³-hybridized carbons (Fsp3) is 0.636. The van der Waals surface area contributed by atoms with E-state index in [1.807, 2.05) is 12.3 Å². The van der Waals surface area contributed by atoms with Gasteiger partial charge >= 0.3 is 0 Å². The molecule has 0 aliphatic rings. The minimum absolute atomic E-state index is 0.653. The second kappa shape index (κ2) is 5.81. The lowest BCUT2D eigenvalue weighted by atomic mass is 10.1. The quantitative estimate of drug-likeness (QED) is 0.729. The van der Waals surface area contributed by atoms with Gasteiger partial charge in [0.1, 0.15) is 0 Å². The van der Waals surface area contributed by atoms with Gasteiger partial charge in [-0.05, 0) is 37.4 Å². The molecule has 1 rings (SSSR count). The van der Waals surface area contributed by atoms with Crippen molar-refractivity contribution in [2.24, 2.45) is 0 Å². The summed E-state index contributed by atoms with van der Waals surface area (Å²) in [6.45, 7) is 5.44. The summed E-state index contributed by atoms with van der Waals surface area (Å²) in [5.74, 6) is 0. The van der Waals surface area contributed by atoms with Gasteiger partial charge in [0.2, 0.25) is 0 Å². The number of hydrogen-bond donors (Lipinski definition) is 1. The van der Waals surface area contributed by atoms with Gasteiger partial charge < -0.3 is 9.73 Å². The summed E-state index contributed by atoms with van der Waals surface area (Å²) < 4.78 is 5.02. The van der Waals surface area contributed by atoms with E-state index >= 15 is 0 Å². The zero-order chi connectivity index (χ0) is 9.52. The smallest absolute Gasteiger partial charge is 0.0934 e. The van der Waals surface area contributed by atoms with E-state index in [4.69, 9.17) is 4.42 Å². The summed E-state index contributed by atoms with van der Waals surface area (Å²) in [6.07, 6.45) is 7.08. The summed E-state index contributed by atoms with van der Waals surface area (Å²) in [5.41, 5.74) is 1.30. The molecule has 0 saturated heterocycles. The highest BCUT2D eigenvalue weighted by molar-refractivity contribution is 5.05. The summed E-state index contributed by atoms with van der Waals surface area (Å²) in [4.78, 5) is 0. The van der Waals surface area contributed by atoms with E-state index in [9.17, 15) is 0 Å². The third kappa shape index (κ3) is 3.64. The maximum atomic E-state index is 5.02. The van der Waals surface area contributed by atoms with Crippen molar-refractivity contribution < 1.29 is 4.42 Å². The van der Waals surface area contributed by atoms with Crippen molar-refractivity contribution in [3.05, 3.63) is 24.2 Å². The predicted octanol–water partition coefficient (Wildman–Crippen LogP) is 2.60. The van der Waals surface area contributed by atoms with E-state index in [1.54, 1.807) is 6.26 Å². The lowest BCUT2D eigenvalue weighted by Crippen LogP contribution is -2.28. The summed E-state index contributed by atoms with van der Waals surface area (Å²) in [6, 6.07) is 2.69. The first-order valence-corrected chi connectivity index (χ1v) is 5.11. The maximum absolute atomic E-state index is 5.02. The Morgan fingerprint density at radius 2 is 2.31 bits per heavy atom. The monoisotopic (exact) mass is 181 g/mol. The lowest BCUT2D eigenvalue weighted by molar-refractivity contribution is 0.479. The zero-order valence-corrected chi connectivity index (χ0v) is 8.55. The van der Waals surface area contributed by atoms with Crippen LogP contribution in [-0.4, -0.2) is 12.6 Å². The standard InChI is InChI=1S/C11H19NO/c1-3-11(12-4-2)6-5-10-7-8-13-9-10/h7-9,11-12H,3-6H2,1-2H3. The van der Waals surface area contributed by atoms with Crippen LogP contribution in [0.25, 0.3) is 0 Å². The van der Waals surface area contributed by atoms with Crippen molar-refractivity contribution >= 4 is 0 Å². The maximum Gasteiger partial charge on any atom is 0.0934 e. The Hall–Kier alpha value is -0.760. The first kappa shape index (κ1) is 10.3. The van der Waals surface area contributed by atoms with E-state index in [0.717, 1.165) is 13.0 Å². The number of rotatable bonds is 6. The van der Waals surface area contributed by atoms with Crippen LogP contribution in [0.4, 0.5) is 0 Å². The van der Waals surface area contributed by atoms with Gasteiger partial charge in [0.05, 0.1) is 12.5 Å². The van der Waals surface area contributed by atoms with Gasteiger partial charge in [0.15, 0.2) is 0 Å². The van der Waals surface area contributed by atoms with E-state index in [0.29, 0.717) is 6.04 Å². The molecule has 1 aromatic rings. The molecule has 2 heteroatoms. The van der Waals surface area contributed by atoms with Gasteiger partial charge in [-0.3, -0.25) is 0 Å². The Bertz CT molecular complexity index is 206. The highest BCUT2D eigenvalue weighted by atomic mass is 16.3. The van der Waals surface area contributed by atoms with Gasteiger partial charge in [0, 0.05) is 6.04 Å². The number of hydrogen-bond acceptors (Lipinski definition) is 2. The number of aryl methyl sites for hydroxylation is 1. The molecule has 0 aliphatic heterocycles. The highest BCUT2D eigenvalue weighted by Gasteiger charge is 2.04. The van der Waals surface area contributed by atoms with Crippen molar-refractivity contribution in [2.45, 2.75) is 39.2 Å². The molecule has 0 spiro atoms. The molecule has 0 radical (unpaired) electrons. The molecule has 13 heavy (non-hydrogen) atoms. The van der Waals surface area contributed by atoms with Gasteiger partial charge in [0.25, 0.3) is 0 Å². The summed E-state index contributed by atoms with van der Waals surface area (Å²) in [5, 5.41) is 3.46. The molecule has 0 aromatic carbocycles. The lowest BCUT2D eigenvalue weighted by Gasteiger charge is -2.14.